The predicted molar refractivity (Wildman–Crippen MR) is 117 cm³/mol. The summed E-state index contributed by atoms with van der Waals surface area (Å²) in [6.45, 7) is 6.10. The Balaban J connectivity index is 1.70. The van der Waals surface area contributed by atoms with Crippen LogP contribution in [0.1, 0.15) is 16.7 Å². The average molecular weight is 369 g/mol. The predicted octanol–water partition coefficient (Wildman–Crippen LogP) is 6.40. The van der Waals surface area contributed by atoms with Gasteiger partial charge in [0.2, 0.25) is 0 Å². The standard InChI is InChI=1S/C24H23N3O/c1-15-8-10-18(11-9-15)22-23(20-6-4-5-7-21(20)26-22)27-24(28)25-19-13-16(2)12-17(3)14-19/h4-14,26H,1-3H3,(H2,25,27,28). The maximum Gasteiger partial charge on any atom is 0.323 e. The molecule has 4 aromatic rings. The van der Waals surface area contributed by atoms with Crippen LogP contribution in [-0.2, 0) is 0 Å². The highest BCUT2D eigenvalue weighted by atomic mass is 16.2. The molecule has 0 spiro atoms. The van der Waals surface area contributed by atoms with Gasteiger partial charge in [0, 0.05) is 22.2 Å². The van der Waals surface area contributed by atoms with E-state index in [0.717, 1.165) is 44.7 Å². The summed E-state index contributed by atoms with van der Waals surface area (Å²) in [5.74, 6) is 0. The third-order valence-electron chi connectivity index (χ3n) is 4.76. The van der Waals surface area contributed by atoms with Crippen LogP contribution in [0.4, 0.5) is 16.2 Å². The summed E-state index contributed by atoms with van der Waals surface area (Å²) in [6, 6.07) is 22.0. The van der Waals surface area contributed by atoms with Crippen LogP contribution in [0.5, 0.6) is 0 Å². The molecule has 0 aliphatic rings. The highest BCUT2D eigenvalue weighted by Gasteiger charge is 2.15. The summed E-state index contributed by atoms with van der Waals surface area (Å²) in [6.07, 6.45) is 0. The quantitative estimate of drug-likeness (QED) is 0.384. The maximum atomic E-state index is 12.7. The molecule has 28 heavy (non-hydrogen) atoms. The molecule has 0 unspecified atom stereocenters. The first-order valence-electron chi connectivity index (χ1n) is 9.33. The Labute approximate surface area is 164 Å². The molecule has 0 atom stereocenters. The molecule has 4 rings (SSSR count). The van der Waals surface area contributed by atoms with Gasteiger partial charge in [-0.05, 0) is 50.1 Å². The summed E-state index contributed by atoms with van der Waals surface area (Å²) in [5.41, 5.74) is 7.90. The van der Waals surface area contributed by atoms with E-state index in [0.29, 0.717) is 0 Å². The molecule has 4 nitrogen and oxygen atoms in total. The Hall–Kier alpha value is -3.53. The number of amides is 2. The van der Waals surface area contributed by atoms with Crippen LogP contribution in [0, 0.1) is 20.8 Å². The van der Waals surface area contributed by atoms with Gasteiger partial charge in [0.1, 0.15) is 0 Å². The van der Waals surface area contributed by atoms with Gasteiger partial charge >= 0.3 is 6.03 Å². The number of benzene rings is 3. The second-order valence-electron chi connectivity index (χ2n) is 7.24. The summed E-state index contributed by atoms with van der Waals surface area (Å²) in [7, 11) is 0. The molecule has 0 radical (unpaired) electrons. The molecule has 0 aliphatic heterocycles. The van der Waals surface area contributed by atoms with E-state index in [1.807, 2.05) is 50.2 Å². The van der Waals surface area contributed by atoms with Gasteiger partial charge in [-0.15, -0.1) is 0 Å². The van der Waals surface area contributed by atoms with Crippen molar-refractivity contribution < 1.29 is 4.79 Å². The molecule has 1 aromatic heterocycles. The zero-order valence-corrected chi connectivity index (χ0v) is 16.3. The number of fused-ring (bicyclic) bond motifs is 1. The van der Waals surface area contributed by atoms with Crippen molar-refractivity contribution in [2.24, 2.45) is 0 Å². The zero-order valence-electron chi connectivity index (χ0n) is 16.3. The van der Waals surface area contributed by atoms with Crippen LogP contribution < -0.4 is 10.6 Å². The molecular weight excluding hydrogens is 346 g/mol. The fourth-order valence-electron chi connectivity index (χ4n) is 3.53. The second kappa shape index (κ2) is 7.24. The molecule has 0 saturated carbocycles. The van der Waals surface area contributed by atoms with E-state index in [-0.39, 0.29) is 6.03 Å². The number of rotatable bonds is 3. The van der Waals surface area contributed by atoms with Crippen molar-refractivity contribution in [3.05, 3.63) is 83.4 Å². The Morgan fingerprint density at radius 3 is 2.18 bits per heavy atom. The summed E-state index contributed by atoms with van der Waals surface area (Å²) in [5, 5.41) is 6.98. The second-order valence-corrected chi connectivity index (χ2v) is 7.24. The zero-order chi connectivity index (χ0) is 19.7. The van der Waals surface area contributed by atoms with Gasteiger partial charge < -0.3 is 15.6 Å². The fraction of sp³-hybridized carbons (Fsp3) is 0.125. The normalized spacial score (nSPS) is 10.8. The SMILES string of the molecule is Cc1ccc(-c2[nH]c3ccccc3c2NC(=O)Nc2cc(C)cc(C)c2)cc1. The average Bonchev–Trinajstić information content (AvgIpc) is 3.00. The minimum Gasteiger partial charge on any atom is -0.353 e. The number of aromatic nitrogens is 1. The molecule has 0 aliphatic carbocycles. The topological polar surface area (TPSA) is 56.9 Å². The number of hydrogen-bond donors (Lipinski definition) is 3. The lowest BCUT2D eigenvalue weighted by atomic mass is 10.1. The fourth-order valence-corrected chi connectivity index (χ4v) is 3.53. The molecule has 0 saturated heterocycles. The molecule has 2 amide bonds. The lowest BCUT2D eigenvalue weighted by Crippen LogP contribution is -2.19. The Kier molecular flexibility index (Phi) is 4.62. The minimum atomic E-state index is -0.261. The van der Waals surface area contributed by atoms with E-state index in [1.54, 1.807) is 0 Å². The third kappa shape index (κ3) is 3.62. The van der Waals surface area contributed by atoms with Crippen molar-refractivity contribution in [2.45, 2.75) is 20.8 Å². The van der Waals surface area contributed by atoms with Crippen molar-refractivity contribution in [1.29, 1.82) is 0 Å². The molecule has 3 aromatic carbocycles. The largest absolute Gasteiger partial charge is 0.353 e. The number of anilines is 2. The first-order valence-corrected chi connectivity index (χ1v) is 9.33. The Morgan fingerprint density at radius 1 is 0.786 bits per heavy atom. The van der Waals surface area contributed by atoms with Crippen LogP contribution in [0.2, 0.25) is 0 Å². The van der Waals surface area contributed by atoms with E-state index < -0.39 is 0 Å². The Morgan fingerprint density at radius 2 is 1.46 bits per heavy atom. The molecular formula is C24H23N3O. The van der Waals surface area contributed by atoms with Gasteiger partial charge in [-0.3, -0.25) is 0 Å². The van der Waals surface area contributed by atoms with E-state index in [9.17, 15) is 4.79 Å². The molecule has 3 N–H and O–H groups in total. The summed E-state index contributed by atoms with van der Waals surface area (Å²) >= 11 is 0. The van der Waals surface area contributed by atoms with Gasteiger partial charge in [0.15, 0.2) is 0 Å². The Bertz CT molecular complexity index is 1140. The highest BCUT2D eigenvalue weighted by molar-refractivity contribution is 6.10. The number of carbonyl (C=O) groups excluding carboxylic acids is 1. The van der Waals surface area contributed by atoms with Gasteiger partial charge in [-0.25, -0.2) is 4.79 Å². The molecule has 4 heteroatoms. The van der Waals surface area contributed by atoms with Crippen molar-refractivity contribution in [3.63, 3.8) is 0 Å². The van der Waals surface area contributed by atoms with Crippen LogP contribution in [0.25, 0.3) is 22.2 Å². The highest BCUT2D eigenvalue weighted by Crippen LogP contribution is 2.35. The molecule has 140 valence electrons. The van der Waals surface area contributed by atoms with Crippen LogP contribution in [-0.4, -0.2) is 11.0 Å². The van der Waals surface area contributed by atoms with E-state index in [4.69, 9.17) is 0 Å². The van der Waals surface area contributed by atoms with E-state index in [2.05, 4.69) is 52.9 Å². The minimum absolute atomic E-state index is 0.261. The molecule has 1 heterocycles. The van der Waals surface area contributed by atoms with Gasteiger partial charge in [-0.1, -0.05) is 54.1 Å². The lowest BCUT2D eigenvalue weighted by Gasteiger charge is -2.11. The molecule has 0 fully saturated rings. The van der Waals surface area contributed by atoms with Crippen molar-refractivity contribution in [2.75, 3.05) is 10.6 Å². The summed E-state index contributed by atoms with van der Waals surface area (Å²) in [4.78, 5) is 16.2. The molecule has 0 bridgehead atoms. The number of para-hydroxylation sites is 1. The van der Waals surface area contributed by atoms with Crippen LogP contribution in [0.15, 0.2) is 66.7 Å². The lowest BCUT2D eigenvalue weighted by molar-refractivity contribution is 0.262. The monoisotopic (exact) mass is 369 g/mol. The van der Waals surface area contributed by atoms with Gasteiger partial charge in [-0.2, -0.15) is 0 Å². The first kappa shape index (κ1) is 17.9. The number of carbonyl (C=O) groups is 1. The first-order chi connectivity index (χ1) is 13.5. The number of aromatic amines is 1. The van der Waals surface area contributed by atoms with E-state index in [1.165, 1.54) is 5.56 Å². The summed E-state index contributed by atoms with van der Waals surface area (Å²) < 4.78 is 0. The number of nitrogens with one attached hydrogen (secondary N) is 3. The van der Waals surface area contributed by atoms with Gasteiger partial charge in [0.05, 0.1) is 11.4 Å². The number of urea groups is 1. The third-order valence-corrected chi connectivity index (χ3v) is 4.76. The van der Waals surface area contributed by atoms with Crippen LogP contribution in [0.3, 0.4) is 0 Å². The van der Waals surface area contributed by atoms with Crippen molar-refractivity contribution in [3.8, 4) is 11.3 Å². The van der Waals surface area contributed by atoms with Gasteiger partial charge in [0.25, 0.3) is 0 Å². The number of hydrogen-bond acceptors (Lipinski definition) is 1. The van der Waals surface area contributed by atoms with Crippen molar-refractivity contribution in [1.82, 2.24) is 4.98 Å². The van der Waals surface area contributed by atoms with E-state index >= 15 is 0 Å². The maximum absolute atomic E-state index is 12.7. The van der Waals surface area contributed by atoms with Crippen LogP contribution >= 0.6 is 0 Å². The smallest absolute Gasteiger partial charge is 0.323 e. The van der Waals surface area contributed by atoms with Crippen molar-refractivity contribution >= 4 is 28.3 Å². The number of aryl methyl sites for hydroxylation is 3. The number of H-pyrrole nitrogens is 1.